The summed E-state index contributed by atoms with van der Waals surface area (Å²) in [6, 6.07) is 2.92. The van der Waals surface area contributed by atoms with Crippen molar-refractivity contribution in [3.8, 4) is 0 Å². The van der Waals surface area contributed by atoms with Crippen LogP contribution in [0.4, 0.5) is 0 Å². The first-order valence-electron chi connectivity index (χ1n) is 6.67. The molecule has 1 N–H and O–H groups in total. The van der Waals surface area contributed by atoms with E-state index in [2.05, 4.69) is 28.2 Å². The lowest BCUT2D eigenvalue weighted by atomic mass is 9.84. The number of hydrogen-bond acceptors (Lipinski definition) is 3. The van der Waals surface area contributed by atoms with Crippen LogP contribution >= 0.6 is 0 Å². The molecule has 1 unspecified atom stereocenters. The third-order valence-corrected chi connectivity index (χ3v) is 4.16. The van der Waals surface area contributed by atoms with Gasteiger partial charge in [-0.3, -0.25) is 4.98 Å². The van der Waals surface area contributed by atoms with Crippen molar-refractivity contribution >= 4 is 0 Å². The summed E-state index contributed by atoms with van der Waals surface area (Å²) < 4.78 is 0. The van der Waals surface area contributed by atoms with Crippen LogP contribution in [-0.4, -0.2) is 35.6 Å². The van der Waals surface area contributed by atoms with E-state index in [1.54, 1.807) is 0 Å². The van der Waals surface area contributed by atoms with Crippen LogP contribution in [0.5, 0.6) is 0 Å². The number of rotatable bonds is 3. The summed E-state index contributed by atoms with van der Waals surface area (Å²) in [6.45, 7) is 6.93. The van der Waals surface area contributed by atoms with Crippen LogP contribution < -0.4 is 5.32 Å². The molecule has 1 aromatic heterocycles. The summed E-state index contributed by atoms with van der Waals surface area (Å²) in [7, 11) is 0. The first kappa shape index (κ1) is 11.2. The van der Waals surface area contributed by atoms with Gasteiger partial charge in [0.2, 0.25) is 0 Å². The highest BCUT2D eigenvalue weighted by molar-refractivity contribution is 5.16. The molecule has 0 amide bonds. The predicted molar refractivity (Wildman–Crippen MR) is 68.8 cm³/mol. The summed E-state index contributed by atoms with van der Waals surface area (Å²) >= 11 is 0. The fourth-order valence-electron chi connectivity index (χ4n) is 3.16. The minimum Gasteiger partial charge on any atom is -0.308 e. The maximum Gasteiger partial charge on any atom is 0.0313 e. The third-order valence-electron chi connectivity index (χ3n) is 4.16. The Morgan fingerprint density at radius 1 is 1.35 bits per heavy atom. The number of pyridine rings is 1. The summed E-state index contributed by atoms with van der Waals surface area (Å²) in [5.41, 5.74) is 2.56. The molecule has 17 heavy (non-hydrogen) atoms. The van der Waals surface area contributed by atoms with Gasteiger partial charge in [0.1, 0.15) is 0 Å². The highest BCUT2D eigenvalue weighted by atomic mass is 15.2. The van der Waals surface area contributed by atoms with Crippen LogP contribution in [0.2, 0.25) is 0 Å². The average molecular weight is 231 g/mol. The Morgan fingerprint density at radius 2 is 2.18 bits per heavy atom. The number of nitrogens with one attached hydrogen (secondary N) is 1. The third kappa shape index (κ3) is 2.50. The SMILES string of the molecule is Cc1cncc(CNC2CN3CCC2CC3)c1. The Hall–Kier alpha value is -0.930. The lowest BCUT2D eigenvalue weighted by molar-refractivity contribution is 0.0720. The fourth-order valence-corrected chi connectivity index (χ4v) is 3.16. The lowest BCUT2D eigenvalue weighted by Gasteiger charge is -2.45. The molecule has 3 nitrogen and oxygen atoms in total. The Balaban J connectivity index is 1.57. The summed E-state index contributed by atoms with van der Waals surface area (Å²) in [6.07, 6.45) is 6.65. The van der Waals surface area contributed by atoms with Crippen molar-refractivity contribution in [3.05, 3.63) is 29.6 Å². The molecule has 0 radical (unpaired) electrons. The van der Waals surface area contributed by atoms with Crippen LogP contribution in [0.1, 0.15) is 24.0 Å². The molecule has 3 aliphatic rings. The van der Waals surface area contributed by atoms with Gasteiger partial charge in [-0.15, -0.1) is 0 Å². The molecule has 92 valence electrons. The second kappa shape index (κ2) is 4.75. The van der Waals surface area contributed by atoms with Crippen LogP contribution in [0.3, 0.4) is 0 Å². The zero-order valence-electron chi connectivity index (χ0n) is 10.5. The molecule has 1 aromatic rings. The number of hydrogen-bond donors (Lipinski definition) is 1. The van der Waals surface area contributed by atoms with Gasteiger partial charge in [0.25, 0.3) is 0 Å². The first-order valence-corrected chi connectivity index (χ1v) is 6.67. The topological polar surface area (TPSA) is 28.2 Å². The van der Waals surface area contributed by atoms with Crippen molar-refractivity contribution in [3.63, 3.8) is 0 Å². The van der Waals surface area contributed by atoms with E-state index in [1.807, 2.05) is 12.4 Å². The molecular formula is C14H21N3. The normalized spacial score (nSPS) is 31.7. The van der Waals surface area contributed by atoms with E-state index in [0.29, 0.717) is 6.04 Å². The van der Waals surface area contributed by atoms with E-state index < -0.39 is 0 Å². The lowest BCUT2D eigenvalue weighted by Crippen LogP contribution is -2.55. The number of piperidine rings is 3. The van der Waals surface area contributed by atoms with Crippen LogP contribution in [0.25, 0.3) is 0 Å². The van der Waals surface area contributed by atoms with Crippen molar-refractivity contribution in [2.24, 2.45) is 5.92 Å². The molecule has 0 spiro atoms. The smallest absolute Gasteiger partial charge is 0.0313 e. The molecule has 0 saturated carbocycles. The van der Waals surface area contributed by atoms with Crippen molar-refractivity contribution in [2.45, 2.75) is 32.4 Å². The molecule has 0 aliphatic carbocycles. The first-order chi connectivity index (χ1) is 8.31. The minimum atomic E-state index is 0.693. The second-order valence-electron chi connectivity index (χ2n) is 5.50. The van der Waals surface area contributed by atoms with Gasteiger partial charge >= 0.3 is 0 Å². The zero-order valence-corrected chi connectivity index (χ0v) is 10.5. The van der Waals surface area contributed by atoms with E-state index in [-0.39, 0.29) is 0 Å². The Morgan fingerprint density at radius 3 is 2.82 bits per heavy atom. The van der Waals surface area contributed by atoms with Gasteiger partial charge in [-0.05, 0) is 49.9 Å². The summed E-state index contributed by atoms with van der Waals surface area (Å²) in [5.74, 6) is 0.901. The number of nitrogens with zero attached hydrogens (tertiary/aromatic N) is 2. The molecule has 3 fully saturated rings. The highest BCUT2D eigenvalue weighted by Gasteiger charge is 2.33. The van der Waals surface area contributed by atoms with Gasteiger partial charge < -0.3 is 10.2 Å². The van der Waals surface area contributed by atoms with Crippen molar-refractivity contribution in [1.82, 2.24) is 15.2 Å². The summed E-state index contributed by atoms with van der Waals surface area (Å²) in [5, 5.41) is 3.71. The molecule has 4 rings (SSSR count). The van der Waals surface area contributed by atoms with Crippen molar-refractivity contribution in [2.75, 3.05) is 19.6 Å². The van der Waals surface area contributed by atoms with Gasteiger partial charge in [0.15, 0.2) is 0 Å². The van der Waals surface area contributed by atoms with Gasteiger partial charge in [-0.1, -0.05) is 6.07 Å². The summed E-state index contributed by atoms with van der Waals surface area (Å²) in [4.78, 5) is 6.83. The maximum atomic E-state index is 4.25. The van der Waals surface area contributed by atoms with Gasteiger partial charge in [-0.25, -0.2) is 0 Å². The van der Waals surface area contributed by atoms with Crippen molar-refractivity contribution < 1.29 is 0 Å². The largest absolute Gasteiger partial charge is 0.308 e. The van der Waals surface area contributed by atoms with Gasteiger partial charge in [0, 0.05) is 31.5 Å². The fraction of sp³-hybridized carbons (Fsp3) is 0.643. The van der Waals surface area contributed by atoms with Gasteiger partial charge in [0.05, 0.1) is 0 Å². The van der Waals surface area contributed by atoms with Crippen LogP contribution in [-0.2, 0) is 6.54 Å². The molecular weight excluding hydrogens is 210 g/mol. The Labute approximate surface area is 103 Å². The van der Waals surface area contributed by atoms with E-state index in [9.17, 15) is 0 Å². The molecule has 4 heterocycles. The van der Waals surface area contributed by atoms with E-state index in [4.69, 9.17) is 0 Å². The standard InChI is InChI=1S/C14H21N3/c1-11-6-12(8-15-7-11)9-16-14-10-17-4-2-13(14)3-5-17/h6-8,13-14,16H,2-5,9-10H2,1H3. The molecule has 0 aromatic carbocycles. The van der Waals surface area contributed by atoms with Crippen LogP contribution in [0, 0.1) is 12.8 Å². The molecule has 3 aliphatic heterocycles. The predicted octanol–water partition coefficient (Wildman–Crippen LogP) is 1.57. The number of aromatic nitrogens is 1. The molecule has 3 saturated heterocycles. The average Bonchev–Trinajstić information content (AvgIpc) is 2.38. The number of aryl methyl sites for hydroxylation is 1. The molecule has 3 heteroatoms. The van der Waals surface area contributed by atoms with Crippen LogP contribution in [0.15, 0.2) is 18.5 Å². The van der Waals surface area contributed by atoms with Gasteiger partial charge in [-0.2, -0.15) is 0 Å². The minimum absolute atomic E-state index is 0.693. The monoisotopic (exact) mass is 231 g/mol. The maximum absolute atomic E-state index is 4.25. The van der Waals surface area contributed by atoms with Crippen molar-refractivity contribution in [1.29, 1.82) is 0 Å². The quantitative estimate of drug-likeness (QED) is 0.856. The second-order valence-corrected chi connectivity index (χ2v) is 5.50. The Kier molecular flexibility index (Phi) is 3.12. The Bertz CT molecular complexity index is 383. The van der Waals surface area contributed by atoms with E-state index in [0.717, 1.165) is 12.5 Å². The van der Waals surface area contributed by atoms with E-state index in [1.165, 1.54) is 43.6 Å². The van der Waals surface area contributed by atoms with E-state index >= 15 is 0 Å². The molecule has 2 bridgehead atoms. The molecule has 1 atom stereocenters. The number of fused-ring (bicyclic) bond motifs is 3. The highest BCUT2D eigenvalue weighted by Crippen LogP contribution is 2.27. The zero-order chi connectivity index (χ0) is 11.7.